The molecule has 0 atom stereocenters. The number of unbranched alkanes of at least 4 members (excludes halogenated alkanes) is 24. The van der Waals surface area contributed by atoms with E-state index in [1.165, 1.54) is 167 Å². The van der Waals surface area contributed by atoms with Crippen molar-refractivity contribution in [3.05, 3.63) is 0 Å². The summed E-state index contributed by atoms with van der Waals surface area (Å²) in [6.45, 7) is 4.96. The van der Waals surface area contributed by atoms with Gasteiger partial charge in [0.25, 0.3) is 0 Å². The van der Waals surface area contributed by atoms with Gasteiger partial charge in [0, 0.05) is 0 Å². The second-order valence-corrected chi connectivity index (χ2v) is 11.5. The molecule has 36 heavy (non-hydrogen) atoms. The van der Waals surface area contributed by atoms with Crippen molar-refractivity contribution >= 4 is 6.16 Å². The molecule has 0 spiro atoms. The molecule has 0 amide bonds. The van der Waals surface area contributed by atoms with E-state index in [1.807, 2.05) is 0 Å². The van der Waals surface area contributed by atoms with E-state index in [0.717, 1.165) is 12.8 Å². The monoisotopic (exact) mass is 511 g/mol. The summed E-state index contributed by atoms with van der Waals surface area (Å²) in [5.41, 5.74) is 0. The lowest BCUT2D eigenvalue weighted by molar-refractivity contribution is 0.0730. The fraction of sp³-hybridized carbons (Fsp3) is 0.970. The molecule has 0 fully saturated rings. The maximum atomic E-state index is 10.9. The van der Waals surface area contributed by atoms with Gasteiger partial charge in [-0.1, -0.05) is 181 Å². The van der Waals surface area contributed by atoms with Crippen LogP contribution in [0.1, 0.15) is 194 Å². The van der Waals surface area contributed by atoms with Crippen LogP contribution >= 0.6 is 0 Å². The molecule has 3 nitrogen and oxygen atoms in total. The number of ether oxygens (including phenoxy) is 1. The molecule has 0 bridgehead atoms. The molecule has 0 aliphatic rings. The summed E-state index contributed by atoms with van der Waals surface area (Å²) in [5, 5.41) is 8.91. The average molecular weight is 511 g/mol. The van der Waals surface area contributed by atoms with Crippen LogP contribution < -0.4 is 0 Å². The normalized spacial score (nSPS) is 11.4. The molecule has 0 aromatic heterocycles. The molecule has 0 saturated heterocycles. The van der Waals surface area contributed by atoms with Crippen molar-refractivity contribution in [2.45, 2.75) is 194 Å². The molecule has 0 aliphatic carbocycles. The number of carbonyl (C=O) groups is 1. The largest absolute Gasteiger partial charge is 0.505 e. The zero-order valence-electron chi connectivity index (χ0n) is 24.8. The van der Waals surface area contributed by atoms with Crippen LogP contribution in [-0.4, -0.2) is 17.9 Å². The highest BCUT2D eigenvalue weighted by atomic mass is 16.7. The molecule has 0 unspecified atom stereocenters. The summed E-state index contributed by atoms with van der Waals surface area (Å²) in [4.78, 5) is 10.9. The Morgan fingerprint density at radius 2 is 0.722 bits per heavy atom. The van der Waals surface area contributed by atoms with Crippen molar-refractivity contribution in [1.82, 2.24) is 0 Å². The Labute approximate surface area is 226 Å². The SMILES string of the molecule is CCCCCCCCCCCCCCCC(CCCCCCCCCCCCCCC)COC(=O)O. The van der Waals surface area contributed by atoms with Gasteiger partial charge in [0.1, 0.15) is 0 Å². The first kappa shape index (κ1) is 35.3. The predicted molar refractivity (Wildman–Crippen MR) is 158 cm³/mol. The Bertz CT molecular complexity index is 393. The molecule has 0 aliphatic heterocycles. The molecule has 1 N–H and O–H groups in total. The van der Waals surface area contributed by atoms with E-state index < -0.39 is 6.16 Å². The molecule has 0 rings (SSSR count). The van der Waals surface area contributed by atoms with Crippen LogP contribution in [0.3, 0.4) is 0 Å². The third kappa shape index (κ3) is 29.5. The third-order valence-electron chi connectivity index (χ3n) is 7.87. The topological polar surface area (TPSA) is 46.5 Å². The predicted octanol–water partition coefficient (Wildman–Crippen LogP) is 12.3. The fourth-order valence-corrected chi connectivity index (χ4v) is 5.40. The van der Waals surface area contributed by atoms with E-state index in [0.29, 0.717) is 12.5 Å². The van der Waals surface area contributed by atoms with E-state index in [1.54, 1.807) is 0 Å². The Morgan fingerprint density at radius 1 is 0.472 bits per heavy atom. The first-order valence-corrected chi connectivity index (χ1v) is 16.6. The maximum Gasteiger partial charge on any atom is 0.505 e. The Hall–Kier alpha value is -0.730. The van der Waals surface area contributed by atoms with Crippen LogP contribution in [0.2, 0.25) is 0 Å². The van der Waals surface area contributed by atoms with Gasteiger partial charge >= 0.3 is 6.16 Å². The van der Waals surface area contributed by atoms with E-state index >= 15 is 0 Å². The van der Waals surface area contributed by atoms with Crippen molar-refractivity contribution in [1.29, 1.82) is 0 Å². The van der Waals surface area contributed by atoms with Gasteiger partial charge in [0.05, 0.1) is 6.61 Å². The van der Waals surface area contributed by atoms with E-state index in [2.05, 4.69) is 13.8 Å². The number of rotatable bonds is 30. The van der Waals surface area contributed by atoms with Gasteiger partial charge in [-0.3, -0.25) is 0 Å². The van der Waals surface area contributed by atoms with Gasteiger partial charge in [-0.25, -0.2) is 4.79 Å². The molecule has 0 aromatic carbocycles. The minimum atomic E-state index is -1.12. The zero-order chi connectivity index (χ0) is 26.4. The van der Waals surface area contributed by atoms with E-state index in [4.69, 9.17) is 9.84 Å². The van der Waals surface area contributed by atoms with Crippen LogP contribution in [0.15, 0.2) is 0 Å². The highest BCUT2D eigenvalue weighted by molar-refractivity contribution is 5.56. The van der Waals surface area contributed by atoms with Crippen LogP contribution in [0, 0.1) is 5.92 Å². The quantitative estimate of drug-likeness (QED) is 0.0771. The van der Waals surface area contributed by atoms with Crippen LogP contribution in [0.25, 0.3) is 0 Å². The first-order chi connectivity index (χ1) is 17.7. The van der Waals surface area contributed by atoms with Gasteiger partial charge in [-0.05, 0) is 18.8 Å². The van der Waals surface area contributed by atoms with E-state index in [-0.39, 0.29) is 0 Å². The highest BCUT2D eigenvalue weighted by Gasteiger charge is 2.11. The Balaban J connectivity index is 3.59. The first-order valence-electron chi connectivity index (χ1n) is 16.6. The molecule has 216 valence electrons. The molecule has 0 saturated carbocycles. The lowest BCUT2D eigenvalue weighted by Crippen LogP contribution is -2.13. The lowest BCUT2D eigenvalue weighted by Gasteiger charge is -2.16. The zero-order valence-corrected chi connectivity index (χ0v) is 24.8. The number of hydrogen-bond donors (Lipinski definition) is 1. The molecule has 0 heterocycles. The van der Waals surface area contributed by atoms with Crippen LogP contribution in [-0.2, 0) is 4.74 Å². The van der Waals surface area contributed by atoms with Crippen molar-refractivity contribution in [2.24, 2.45) is 5.92 Å². The molecule has 0 aromatic rings. The van der Waals surface area contributed by atoms with E-state index in [9.17, 15) is 4.79 Å². The molecular weight excluding hydrogens is 444 g/mol. The van der Waals surface area contributed by atoms with Crippen molar-refractivity contribution < 1.29 is 14.6 Å². The Kier molecular flexibility index (Phi) is 29.9. The highest BCUT2D eigenvalue weighted by Crippen LogP contribution is 2.20. The number of carboxylic acid groups (broad SMARTS) is 1. The summed E-state index contributed by atoms with van der Waals surface area (Å²) in [6, 6.07) is 0. The average Bonchev–Trinajstić information content (AvgIpc) is 2.87. The van der Waals surface area contributed by atoms with Crippen molar-refractivity contribution in [3.8, 4) is 0 Å². The smallest absolute Gasteiger partial charge is 0.450 e. The third-order valence-corrected chi connectivity index (χ3v) is 7.87. The molecular formula is C33H66O3. The fourth-order valence-electron chi connectivity index (χ4n) is 5.40. The number of hydrogen-bond acceptors (Lipinski definition) is 2. The summed E-state index contributed by atoms with van der Waals surface area (Å²) < 4.78 is 4.95. The second kappa shape index (κ2) is 30.5. The maximum absolute atomic E-state index is 10.9. The lowest BCUT2D eigenvalue weighted by atomic mass is 9.94. The van der Waals surface area contributed by atoms with Gasteiger partial charge in [0.15, 0.2) is 0 Å². The van der Waals surface area contributed by atoms with Crippen molar-refractivity contribution in [3.63, 3.8) is 0 Å². The van der Waals surface area contributed by atoms with Gasteiger partial charge in [-0.15, -0.1) is 0 Å². The van der Waals surface area contributed by atoms with Gasteiger partial charge in [-0.2, -0.15) is 0 Å². The summed E-state index contributed by atoms with van der Waals surface area (Å²) in [7, 11) is 0. The van der Waals surface area contributed by atoms with Crippen LogP contribution in [0.4, 0.5) is 4.79 Å². The minimum absolute atomic E-state index is 0.395. The second-order valence-electron chi connectivity index (χ2n) is 11.5. The molecule has 0 radical (unpaired) electrons. The summed E-state index contributed by atoms with van der Waals surface area (Å²) >= 11 is 0. The summed E-state index contributed by atoms with van der Waals surface area (Å²) in [5.74, 6) is 0.418. The van der Waals surface area contributed by atoms with Gasteiger partial charge < -0.3 is 9.84 Å². The summed E-state index contributed by atoms with van der Waals surface area (Å²) in [6.07, 6.45) is 36.9. The molecule has 3 heteroatoms. The Morgan fingerprint density at radius 3 is 0.972 bits per heavy atom. The van der Waals surface area contributed by atoms with Gasteiger partial charge in [0.2, 0.25) is 0 Å². The minimum Gasteiger partial charge on any atom is -0.450 e. The standard InChI is InChI=1S/C33H66O3/c1-3-5-7-9-11-13-15-17-19-21-23-25-27-29-32(31-36-33(34)35)30-28-26-24-22-20-18-16-14-12-10-8-6-4-2/h32H,3-31H2,1-2H3,(H,34,35). The van der Waals surface area contributed by atoms with Crippen molar-refractivity contribution in [2.75, 3.05) is 6.61 Å². The van der Waals surface area contributed by atoms with Crippen LogP contribution in [0.5, 0.6) is 0 Å².